The van der Waals surface area contributed by atoms with Gasteiger partial charge in [0, 0.05) is 43.0 Å². The van der Waals surface area contributed by atoms with Gasteiger partial charge in [0.2, 0.25) is 0 Å². The molecule has 0 saturated carbocycles. The summed E-state index contributed by atoms with van der Waals surface area (Å²) in [6.07, 6.45) is 4.81. The van der Waals surface area contributed by atoms with Gasteiger partial charge in [0.15, 0.2) is 0 Å². The van der Waals surface area contributed by atoms with E-state index in [1.807, 2.05) is 23.8 Å². The van der Waals surface area contributed by atoms with Crippen molar-refractivity contribution in [3.63, 3.8) is 0 Å². The van der Waals surface area contributed by atoms with Crippen LogP contribution in [-0.2, 0) is 13.0 Å². The standard InChI is InChI=1S/C10H13N3S/c1-2-9(12-4-1)8-11-5-3-10-13-6-7-14-10/h1-2,4,6-7,11-12H,3,5,8H2. The van der Waals surface area contributed by atoms with E-state index in [1.54, 1.807) is 11.3 Å². The molecule has 0 saturated heterocycles. The Hall–Kier alpha value is -1.13. The van der Waals surface area contributed by atoms with Gasteiger partial charge in [-0.15, -0.1) is 11.3 Å². The molecule has 2 rings (SSSR count). The first-order valence-corrected chi connectivity index (χ1v) is 5.54. The highest BCUT2D eigenvalue weighted by molar-refractivity contribution is 7.09. The summed E-state index contributed by atoms with van der Waals surface area (Å²) < 4.78 is 0. The van der Waals surface area contributed by atoms with Crippen molar-refractivity contribution in [1.29, 1.82) is 0 Å². The van der Waals surface area contributed by atoms with Crippen LogP contribution in [0.4, 0.5) is 0 Å². The normalized spacial score (nSPS) is 10.6. The Morgan fingerprint density at radius 1 is 1.50 bits per heavy atom. The molecule has 0 unspecified atom stereocenters. The topological polar surface area (TPSA) is 40.7 Å². The van der Waals surface area contributed by atoms with Crippen LogP contribution in [0.5, 0.6) is 0 Å². The molecule has 2 aromatic heterocycles. The predicted octanol–water partition coefficient (Wildman–Crippen LogP) is 1.80. The van der Waals surface area contributed by atoms with Crippen LogP contribution in [0.15, 0.2) is 29.9 Å². The van der Waals surface area contributed by atoms with Crippen molar-refractivity contribution in [2.75, 3.05) is 6.54 Å². The van der Waals surface area contributed by atoms with Gasteiger partial charge in [-0.25, -0.2) is 4.98 Å². The molecule has 2 heterocycles. The Labute approximate surface area is 87.2 Å². The van der Waals surface area contributed by atoms with Crippen molar-refractivity contribution in [1.82, 2.24) is 15.3 Å². The number of nitrogens with zero attached hydrogens (tertiary/aromatic N) is 1. The van der Waals surface area contributed by atoms with Crippen molar-refractivity contribution in [2.45, 2.75) is 13.0 Å². The van der Waals surface area contributed by atoms with Gasteiger partial charge in [0.1, 0.15) is 0 Å². The van der Waals surface area contributed by atoms with E-state index in [-0.39, 0.29) is 0 Å². The maximum absolute atomic E-state index is 4.22. The number of rotatable bonds is 5. The number of hydrogen-bond donors (Lipinski definition) is 2. The Kier molecular flexibility index (Phi) is 3.32. The van der Waals surface area contributed by atoms with Crippen LogP contribution in [0, 0.1) is 0 Å². The lowest BCUT2D eigenvalue weighted by molar-refractivity contribution is 0.676. The van der Waals surface area contributed by atoms with Crippen molar-refractivity contribution in [2.24, 2.45) is 0 Å². The van der Waals surface area contributed by atoms with E-state index in [0.29, 0.717) is 0 Å². The highest BCUT2D eigenvalue weighted by atomic mass is 32.1. The monoisotopic (exact) mass is 207 g/mol. The second kappa shape index (κ2) is 4.93. The summed E-state index contributed by atoms with van der Waals surface area (Å²) in [5.41, 5.74) is 1.23. The molecule has 0 atom stereocenters. The average Bonchev–Trinajstić information content (AvgIpc) is 2.86. The summed E-state index contributed by atoms with van der Waals surface area (Å²) in [6.45, 7) is 1.88. The maximum atomic E-state index is 4.22. The molecule has 0 aromatic carbocycles. The molecule has 14 heavy (non-hydrogen) atoms. The van der Waals surface area contributed by atoms with E-state index in [0.717, 1.165) is 19.5 Å². The highest BCUT2D eigenvalue weighted by Crippen LogP contribution is 2.03. The van der Waals surface area contributed by atoms with E-state index in [2.05, 4.69) is 21.4 Å². The van der Waals surface area contributed by atoms with Gasteiger partial charge in [-0.1, -0.05) is 0 Å². The molecular formula is C10H13N3S. The van der Waals surface area contributed by atoms with Gasteiger partial charge in [-0.3, -0.25) is 0 Å². The van der Waals surface area contributed by atoms with Crippen LogP contribution in [0.2, 0.25) is 0 Å². The molecule has 0 amide bonds. The van der Waals surface area contributed by atoms with Crippen LogP contribution < -0.4 is 5.32 Å². The zero-order valence-corrected chi connectivity index (χ0v) is 8.68. The third-order valence-electron chi connectivity index (χ3n) is 1.98. The summed E-state index contributed by atoms with van der Waals surface area (Å²) in [6, 6.07) is 4.09. The average molecular weight is 207 g/mol. The first kappa shape index (κ1) is 9.43. The van der Waals surface area contributed by atoms with Crippen molar-refractivity contribution in [3.8, 4) is 0 Å². The van der Waals surface area contributed by atoms with Crippen LogP contribution in [0.3, 0.4) is 0 Å². The van der Waals surface area contributed by atoms with Crippen molar-refractivity contribution < 1.29 is 0 Å². The summed E-state index contributed by atoms with van der Waals surface area (Å²) >= 11 is 1.71. The zero-order chi connectivity index (χ0) is 9.64. The SMILES string of the molecule is c1c[nH]c(CNCCc2nccs2)c1. The predicted molar refractivity (Wildman–Crippen MR) is 58.3 cm³/mol. The van der Waals surface area contributed by atoms with E-state index in [9.17, 15) is 0 Å². The number of nitrogens with one attached hydrogen (secondary N) is 2. The Bertz CT molecular complexity index is 303. The fourth-order valence-electron chi connectivity index (χ4n) is 1.27. The molecular weight excluding hydrogens is 194 g/mol. The van der Waals surface area contributed by atoms with E-state index < -0.39 is 0 Å². The third-order valence-corrected chi connectivity index (χ3v) is 2.82. The Morgan fingerprint density at radius 3 is 3.21 bits per heavy atom. The molecule has 74 valence electrons. The molecule has 0 aliphatic carbocycles. The van der Waals surface area contributed by atoms with Gasteiger partial charge in [-0.2, -0.15) is 0 Å². The molecule has 0 fully saturated rings. The largest absolute Gasteiger partial charge is 0.364 e. The zero-order valence-electron chi connectivity index (χ0n) is 7.86. The first-order valence-electron chi connectivity index (χ1n) is 4.66. The minimum absolute atomic E-state index is 0.901. The Balaban J connectivity index is 1.65. The van der Waals surface area contributed by atoms with E-state index in [1.165, 1.54) is 10.7 Å². The lowest BCUT2D eigenvalue weighted by Crippen LogP contribution is -2.16. The maximum Gasteiger partial charge on any atom is 0.0937 e. The number of aromatic nitrogens is 2. The van der Waals surface area contributed by atoms with Crippen LogP contribution in [-0.4, -0.2) is 16.5 Å². The fraction of sp³-hybridized carbons (Fsp3) is 0.300. The number of aromatic amines is 1. The molecule has 0 aliphatic heterocycles. The minimum atomic E-state index is 0.901. The summed E-state index contributed by atoms with van der Waals surface area (Å²) in [4.78, 5) is 7.38. The lowest BCUT2D eigenvalue weighted by Gasteiger charge is -2.00. The second-order valence-electron chi connectivity index (χ2n) is 3.05. The van der Waals surface area contributed by atoms with Crippen LogP contribution in [0.25, 0.3) is 0 Å². The molecule has 0 spiro atoms. The third kappa shape index (κ3) is 2.68. The molecule has 0 bridgehead atoms. The van der Waals surface area contributed by atoms with Crippen molar-refractivity contribution >= 4 is 11.3 Å². The van der Waals surface area contributed by atoms with Gasteiger partial charge < -0.3 is 10.3 Å². The number of H-pyrrole nitrogens is 1. The van der Waals surface area contributed by atoms with Gasteiger partial charge >= 0.3 is 0 Å². The molecule has 0 aliphatic rings. The van der Waals surface area contributed by atoms with Gasteiger partial charge in [0.05, 0.1) is 5.01 Å². The summed E-state index contributed by atoms with van der Waals surface area (Å²) in [7, 11) is 0. The lowest BCUT2D eigenvalue weighted by atomic mass is 10.4. The molecule has 3 nitrogen and oxygen atoms in total. The minimum Gasteiger partial charge on any atom is -0.364 e. The smallest absolute Gasteiger partial charge is 0.0937 e. The summed E-state index contributed by atoms with van der Waals surface area (Å²) in [5.74, 6) is 0. The van der Waals surface area contributed by atoms with Crippen molar-refractivity contribution in [3.05, 3.63) is 40.6 Å². The molecule has 2 aromatic rings. The molecule has 4 heteroatoms. The highest BCUT2D eigenvalue weighted by Gasteiger charge is 1.95. The molecule has 2 N–H and O–H groups in total. The van der Waals surface area contributed by atoms with Gasteiger partial charge in [0.25, 0.3) is 0 Å². The molecule has 0 radical (unpaired) electrons. The number of hydrogen-bond acceptors (Lipinski definition) is 3. The van der Waals surface area contributed by atoms with Gasteiger partial charge in [-0.05, 0) is 12.1 Å². The summed E-state index contributed by atoms with van der Waals surface area (Å²) in [5, 5.41) is 6.57. The fourth-order valence-corrected chi connectivity index (χ4v) is 1.89. The van der Waals surface area contributed by atoms with E-state index in [4.69, 9.17) is 0 Å². The number of thiazole rings is 1. The first-order chi connectivity index (χ1) is 6.95. The van der Waals surface area contributed by atoms with Crippen LogP contribution >= 0.6 is 11.3 Å². The quantitative estimate of drug-likeness (QED) is 0.734. The van der Waals surface area contributed by atoms with E-state index >= 15 is 0 Å². The second-order valence-corrected chi connectivity index (χ2v) is 4.03. The Morgan fingerprint density at radius 2 is 2.50 bits per heavy atom. The van der Waals surface area contributed by atoms with Crippen LogP contribution in [0.1, 0.15) is 10.7 Å².